The summed E-state index contributed by atoms with van der Waals surface area (Å²) >= 11 is 0. The second-order valence-electron chi connectivity index (χ2n) is 6.73. The van der Waals surface area contributed by atoms with E-state index in [1.54, 1.807) is 0 Å². The molecule has 1 atom stereocenters. The molecule has 1 aromatic heterocycles. The van der Waals surface area contributed by atoms with E-state index >= 15 is 0 Å². The average molecular weight is 310 g/mol. The lowest BCUT2D eigenvalue weighted by Gasteiger charge is -2.32. The minimum atomic E-state index is 0.252. The number of aromatic nitrogens is 3. The molecule has 0 unspecified atom stereocenters. The Morgan fingerprint density at radius 1 is 1.17 bits per heavy atom. The molecule has 5 nitrogen and oxygen atoms in total. The summed E-state index contributed by atoms with van der Waals surface area (Å²) in [4.78, 5) is 14.3. The molecule has 1 aliphatic carbocycles. The molecular formula is C18H22N4O. The zero-order valence-electron chi connectivity index (χ0n) is 13.5. The lowest BCUT2D eigenvalue weighted by Crippen LogP contribution is -2.41. The van der Waals surface area contributed by atoms with Crippen molar-refractivity contribution in [3.63, 3.8) is 0 Å². The van der Waals surface area contributed by atoms with E-state index in [1.807, 2.05) is 11.0 Å². The van der Waals surface area contributed by atoms with Gasteiger partial charge in [0.1, 0.15) is 5.82 Å². The third kappa shape index (κ3) is 2.87. The van der Waals surface area contributed by atoms with Gasteiger partial charge in [0.15, 0.2) is 5.82 Å². The van der Waals surface area contributed by atoms with E-state index in [0.717, 1.165) is 43.9 Å². The summed E-state index contributed by atoms with van der Waals surface area (Å²) in [6.07, 6.45) is 3.96. The minimum Gasteiger partial charge on any atom is -0.333 e. The molecule has 0 spiro atoms. The predicted octanol–water partition coefficient (Wildman–Crippen LogP) is 2.38. The maximum Gasteiger partial charge on any atom is 0.226 e. The van der Waals surface area contributed by atoms with Gasteiger partial charge in [-0.25, -0.2) is 0 Å². The lowest BCUT2D eigenvalue weighted by molar-refractivity contribution is -0.134. The van der Waals surface area contributed by atoms with Crippen LogP contribution in [0.15, 0.2) is 30.3 Å². The first kappa shape index (κ1) is 14.4. The van der Waals surface area contributed by atoms with Gasteiger partial charge in [-0.15, -0.1) is 10.2 Å². The standard InChI is InChI=1S/C18H22N4O/c1-13-11-21(18(23)15-8-9-15)12-17-20-19-16(22(13)17)10-7-14-5-3-2-4-6-14/h2-6,13,15H,7-12H2,1H3/t13-/m0/s1. The second kappa shape index (κ2) is 5.80. The first-order valence-corrected chi connectivity index (χ1v) is 8.47. The number of carbonyl (C=O) groups is 1. The molecule has 2 aromatic rings. The highest BCUT2D eigenvalue weighted by Gasteiger charge is 2.37. The van der Waals surface area contributed by atoms with E-state index in [4.69, 9.17) is 0 Å². The maximum absolute atomic E-state index is 12.3. The number of amides is 1. The highest BCUT2D eigenvalue weighted by Crippen LogP contribution is 2.33. The molecule has 120 valence electrons. The molecule has 2 aliphatic rings. The summed E-state index contributed by atoms with van der Waals surface area (Å²) in [5, 5.41) is 8.74. The Balaban J connectivity index is 1.48. The largest absolute Gasteiger partial charge is 0.333 e. The van der Waals surface area contributed by atoms with Crippen molar-refractivity contribution in [2.24, 2.45) is 5.92 Å². The normalized spacial score (nSPS) is 20.4. The van der Waals surface area contributed by atoms with Gasteiger partial charge >= 0.3 is 0 Å². The Bertz CT molecular complexity index is 705. The minimum absolute atomic E-state index is 0.252. The molecule has 0 N–H and O–H groups in total. The van der Waals surface area contributed by atoms with Crippen LogP contribution < -0.4 is 0 Å². The zero-order valence-corrected chi connectivity index (χ0v) is 13.5. The first-order valence-electron chi connectivity index (χ1n) is 8.47. The van der Waals surface area contributed by atoms with Gasteiger partial charge in [-0.2, -0.15) is 0 Å². The van der Waals surface area contributed by atoms with Gasteiger partial charge in [-0.3, -0.25) is 4.79 Å². The summed E-state index contributed by atoms with van der Waals surface area (Å²) in [7, 11) is 0. The highest BCUT2D eigenvalue weighted by molar-refractivity contribution is 5.81. The van der Waals surface area contributed by atoms with Gasteiger partial charge in [0, 0.05) is 18.9 Å². The van der Waals surface area contributed by atoms with Crippen molar-refractivity contribution >= 4 is 5.91 Å². The number of benzene rings is 1. The molecule has 4 rings (SSSR count). The fraction of sp³-hybridized carbons (Fsp3) is 0.500. The van der Waals surface area contributed by atoms with Gasteiger partial charge in [-0.1, -0.05) is 30.3 Å². The summed E-state index contributed by atoms with van der Waals surface area (Å²) in [6, 6.07) is 10.7. The molecule has 1 saturated carbocycles. The summed E-state index contributed by atoms with van der Waals surface area (Å²) in [6.45, 7) is 3.54. The number of nitrogens with zero attached hydrogens (tertiary/aromatic N) is 4. The third-order valence-corrected chi connectivity index (χ3v) is 4.81. The zero-order chi connectivity index (χ0) is 15.8. The van der Waals surface area contributed by atoms with Gasteiger partial charge in [0.25, 0.3) is 0 Å². The lowest BCUT2D eigenvalue weighted by atomic mass is 10.1. The van der Waals surface area contributed by atoms with Crippen LogP contribution in [0.4, 0.5) is 0 Å². The molecule has 0 saturated heterocycles. The van der Waals surface area contributed by atoms with Crippen LogP contribution in [0, 0.1) is 5.92 Å². The van der Waals surface area contributed by atoms with Crippen LogP contribution in [-0.4, -0.2) is 32.1 Å². The van der Waals surface area contributed by atoms with Crippen molar-refractivity contribution < 1.29 is 4.79 Å². The average Bonchev–Trinajstić information content (AvgIpc) is 3.34. The monoisotopic (exact) mass is 310 g/mol. The topological polar surface area (TPSA) is 51.0 Å². The molecule has 1 aromatic carbocycles. The number of aryl methyl sites for hydroxylation is 2. The van der Waals surface area contributed by atoms with Crippen LogP contribution in [0.25, 0.3) is 0 Å². The molecule has 0 radical (unpaired) electrons. The summed E-state index contributed by atoms with van der Waals surface area (Å²) in [5.74, 6) is 2.54. The first-order chi connectivity index (χ1) is 11.2. The van der Waals surface area contributed by atoms with Crippen LogP contribution >= 0.6 is 0 Å². The Kier molecular flexibility index (Phi) is 3.63. The van der Waals surface area contributed by atoms with Crippen molar-refractivity contribution in [2.45, 2.75) is 45.2 Å². The van der Waals surface area contributed by atoms with Gasteiger partial charge in [0.05, 0.1) is 12.6 Å². The summed E-state index contributed by atoms with van der Waals surface area (Å²) in [5.41, 5.74) is 1.32. The fourth-order valence-electron chi connectivity index (χ4n) is 3.44. The predicted molar refractivity (Wildman–Crippen MR) is 86.7 cm³/mol. The molecule has 2 heterocycles. The quantitative estimate of drug-likeness (QED) is 0.871. The van der Waals surface area contributed by atoms with Crippen molar-refractivity contribution in [1.82, 2.24) is 19.7 Å². The maximum atomic E-state index is 12.3. The molecule has 0 bridgehead atoms. The van der Waals surface area contributed by atoms with E-state index < -0.39 is 0 Å². The SMILES string of the molecule is C[C@H]1CN(C(=O)C2CC2)Cc2nnc(CCc3ccccc3)n21. The van der Waals surface area contributed by atoms with E-state index in [-0.39, 0.29) is 12.0 Å². The molecule has 1 amide bonds. The Morgan fingerprint density at radius 2 is 1.96 bits per heavy atom. The smallest absolute Gasteiger partial charge is 0.226 e. The van der Waals surface area contributed by atoms with E-state index in [9.17, 15) is 4.79 Å². The van der Waals surface area contributed by atoms with E-state index in [0.29, 0.717) is 12.5 Å². The molecule has 1 aliphatic heterocycles. The van der Waals surface area contributed by atoms with Crippen molar-refractivity contribution in [3.8, 4) is 0 Å². The molecule has 23 heavy (non-hydrogen) atoms. The molecular weight excluding hydrogens is 288 g/mol. The highest BCUT2D eigenvalue weighted by atomic mass is 16.2. The third-order valence-electron chi connectivity index (χ3n) is 4.81. The number of fused-ring (bicyclic) bond motifs is 1. The van der Waals surface area contributed by atoms with Gasteiger partial charge in [-0.05, 0) is 31.7 Å². The van der Waals surface area contributed by atoms with E-state index in [2.05, 4.69) is 46.0 Å². The van der Waals surface area contributed by atoms with Crippen LogP contribution in [0.3, 0.4) is 0 Å². The number of carbonyl (C=O) groups excluding carboxylic acids is 1. The van der Waals surface area contributed by atoms with Crippen molar-refractivity contribution in [1.29, 1.82) is 0 Å². The van der Waals surface area contributed by atoms with Crippen LogP contribution in [0.1, 0.15) is 43.0 Å². The summed E-state index contributed by atoms with van der Waals surface area (Å²) < 4.78 is 2.24. The number of hydrogen-bond donors (Lipinski definition) is 0. The van der Waals surface area contributed by atoms with Gasteiger partial charge < -0.3 is 9.47 Å². The van der Waals surface area contributed by atoms with E-state index in [1.165, 1.54) is 5.56 Å². The number of rotatable bonds is 4. The Hall–Kier alpha value is -2.17. The molecule has 5 heteroatoms. The Labute approximate surface area is 136 Å². The van der Waals surface area contributed by atoms with Crippen molar-refractivity contribution in [2.75, 3.05) is 6.54 Å². The van der Waals surface area contributed by atoms with Crippen LogP contribution in [-0.2, 0) is 24.2 Å². The second-order valence-corrected chi connectivity index (χ2v) is 6.73. The van der Waals surface area contributed by atoms with Gasteiger partial charge in [0.2, 0.25) is 5.91 Å². The Morgan fingerprint density at radius 3 is 2.70 bits per heavy atom. The van der Waals surface area contributed by atoms with Crippen molar-refractivity contribution in [3.05, 3.63) is 47.5 Å². The number of hydrogen-bond acceptors (Lipinski definition) is 3. The van der Waals surface area contributed by atoms with Crippen LogP contribution in [0.2, 0.25) is 0 Å². The fourth-order valence-corrected chi connectivity index (χ4v) is 3.44. The molecule has 1 fully saturated rings. The van der Waals surface area contributed by atoms with Crippen LogP contribution in [0.5, 0.6) is 0 Å².